The van der Waals surface area contributed by atoms with Crippen molar-refractivity contribution >= 4 is 17.6 Å². The molecule has 8 heteroatoms. The van der Waals surface area contributed by atoms with E-state index in [1.54, 1.807) is 0 Å². The summed E-state index contributed by atoms with van der Waals surface area (Å²) in [6, 6.07) is 7.44. The molecule has 0 aliphatic rings. The molecule has 2 unspecified atom stereocenters. The van der Waals surface area contributed by atoms with E-state index in [2.05, 4.69) is 10.6 Å². The molecule has 0 radical (unpaired) electrons. The standard InChI is InChI=1S/C19H30N4O4/c1-12(24)16(8-9-20)22-19(27)18(13(2)25)23-17(26)10-15(11-21)14-6-4-3-5-7-14/h3-7,13,15-16,18,25H,8-11,20-21H2,1-2H3,(H,22,27)(H,23,26)/t13?,15?,16-,18-/m0/s1. The van der Waals surface area contributed by atoms with Gasteiger partial charge in [0.15, 0.2) is 5.78 Å². The smallest absolute Gasteiger partial charge is 0.245 e. The Morgan fingerprint density at radius 2 is 1.74 bits per heavy atom. The van der Waals surface area contributed by atoms with Crippen molar-refractivity contribution in [2.24, 2.45) is 11.5 Å². The van der Waals surface area contributed by atoms with Crippen molar-refractivity contribution in [2.75, 3.05) is 13.1 Å². The molecule has 0 aliphatic heterocycles. The maximum Gasteiger partial charge on any atom is 0.245 e. The number of nitrogens with two attached hydrogens (primary N) is 2. The van der Waals surface area contributed by atoms with Gasteiger partial charge in [0.25, 0.3) is 0 Å². The number of amides is 2. The normalized spacial score (nSPS) is 15.3. The molecule has 0 heterocycles. The van der Waals surface area contributed by atoms with E-state index in [0.717, 1.165) is 5.56 Å². The topological polar surface area (TPSA) is 148 Å². The molecule has 1 aromatic rings. The van der Waals surface area contributed by atoms with Crippen LogP contribution in [-0.4, -0.2) is 54.0 Å². The molecule has 8 nitrogen and oxygen atoms in total. The molecule has 0 saturated heterocycles. The maximum atomic E-state index is 12.4. The molecule has 7 N–H and O–H groups in total. The fourth-order valence-corrected chi connectivity index (χ4v) is 2.73. The highest BCUT2D eigenvalue weighted by atomic mass is 16.3. The third-order valence-corrected chi connectivity index (χ3v) is 4.33. The number of aliphatic hydroxyl groups is 1. The van der Waals surface area contributed by atoms with Gasteiger partial charge < -0.3 is 27.2 Å². The van der Waals surface area contributed by atoms with Crippen LogP contribution >= 0.6 is 0 Å². The van der Waals surface area contributed by atoms with Gasteiger partial charge in [0.1, 0.15) is 6.04 Å². The van der Waals surface area contributed by atoms with Crippen LogP contribution in [-0.2, 0) is 14.4 Å². The number of ketones is 1. The molecule has 0 aromatic heterocycles. The monoisotopic (exact) mass is 378 g/mol. The predicted molar refractivity (Wildman–Crippen MR) is 103 cm³/mol. The number of Topliss-reactive ketones (excluding diaryl/α,β-unsaturated/α-hetero) is 1. The summed E-state index contributed by atoms with van der Waals surface area (Å²) in [7, 11) is 0. The van der Waals surface area contributed by atoms with Crippen molar-refractivity contribution in [3.05, 3.63) is 35.9 Å². The van der Waals surface area contributed by atoms with E-state index in [1.165, 1.54) is 13.8 Å². The minimum Gasteiger partial charge on any atom is -0.391 e. The zero-order chi connectivity index (χ0) is 20.4. The van der Waals surface area contributed by atoms with Gasteiger partial charge >= 0.3 is 0 Å². The van der Waals surface area contributed by atoms with Crippen molar-refractivity contribution in [3.63, 3.8) is 0 Å². The molecule has 0 bridgehead atoms. The molecule has 0 spiro atoms. The molecular weight excluding hydrogens is 348 g/mol. The largest absolute Gasteiger partial charge is 0.391 e. The van der Waals surface area contributed by atoms with E-state index >= 15 is 0 Å². The van der Waals surface area contributed by atoms with E-state index in [1.807, 2.05) is 30.3 Å². The van der Waals surface area contributed by atoms with Crippen molar-refractivity contribution < 1.29 is 19.5 Å². The Labute approximate surface area is 159 Å². The lowest BCUT2D eigenvalue weighted by Gasteiger charge is -2.24. The first-order chi connectivity index (χ1) is 12.8. The van der Waals surface area contributed by atoms with Gasteiger partial charge in [0, 0.05) is 12.3 Å². The summed E-state index contributed by atoms with van der Waals surface area (Å²) in [5.74, 6) is -1.48. The summed E-state index contributed by atoms with van der Waals surface area (Å²) in [5, 5.41) is 15.0. The van der Waals surface area contributed by atoms with Gasteiger partial charge in [0.2, 0.25) is 11.8 Å². The number of benzene rings is 1. The number of carbonyl (C=O) groups excluding carboxylic acids is 3. The fourth-order valence-electron chi connectivity index (χ4n) is 2.73. The first-order valence-corrected chi connectivity index (χ1v) is 9.03. The molecule has 0 fully saturated rings. The highest BCUT2D eigenvalue weighted by molar-refractivity contribution is 5.92. The van der Waals surface area contributed by atoms with Gasteiger partial charge in [-0.2, -0.15) is 0 Å². The number of carbonyl (C=O) groups is 3. The van der Waals surface area contributed by atoms with E-state index in [0.29, 0.717) is 0 Å². The molecule has 0 aliphatic carbocycles. The minimum absolute atomic E-state index is 0.0793. The van der Waals surface area contributed by atoms with Gasteiger partial charge in [-0.05, 0) is 38.9 Å². The highest BCUT2D eigenvalue weighted by Crippen LogP contribution is 2.18. The van der Waals surface area contributed by atoms with Crippen LogP contribution in [0.2, 0.25) is 0 Å². The van der Waals surface area contributed by atoms with Crippen LogP contribution in [0.1, 0.15) is 38.2 Å². The Kier molecular flexibility index (Phi) is 9.63. The molecule has 150 valence electrons. The Morgan fingerprint density at radius 1 is 1.11 bits per heavy atom. The van der Waals surface area contributed by atoms with Crippen LogP contribution in [0.15, 0.2) is 30.3 Å². The zero-order valence-electron chi connectivity index (χ0n) is 15.9. The molecular formula is C19H30N4O4. The summed E-state index contributed by atoms with van der Waals surface area (Å²) in [6.07, 6.45) is -0.770. The van der Waals surface area contributed by atoms with Crippen molar-refractivity contribution in [1.29, 1.82) is 0 Å². The lowest BCUT2D eigenvalue weighted by molar-refractivity contribution is -0.133. The van der Waals surface area contributed by atoms with Gasteiger partial charge in [-0.15, -0.1) is 0 Å². The summed E-state index contributed by atoms with van der Waals surface area (Å²) in [4.78, 5) is 36.4. The molecule has 1 rings (SSSR count). The number of hydrogen-bond donors (Lipinski definition) is 5. The summed E-state index contributed by atoms with van der Waals surface area (Å²) in [5.41, 5.74) is 12.2. The Hall–Kier alpha value is -2.29. The van der Waals surface area contributed by atoms with E-state index in [9.17, 15) is 19.5 Å². The average molecular weight is 378 g/mol. The highest BCUT2D eigenvalue weighted by Gasteiger charge is 2.29. The van der Waals surface area contributed by atoms with Crippen LogP contribution in [0.3, 0.4) is 0 Å². The van der Waals surface area contributed by atoms with Crippen LogP contribution in [0.4, 0.5) is 0 Å². The van der Waals surface area contributed by atoms with E-state index in [4.69, 9.17) is 11.5 Å². The van der Waals surface area contributed by atoms with Crippen molar-refractivity contribution in [2.45, 2.75) is 50.8 Å². The van der Waals surface area contributed by atoms with Gasteiger partial charge in [-0.3, -0.25) is 14.4 Å². The first kappa shape index (κ1) is 22.8. The van der Waals surface area contributed by atoms with Gasteiger partial charge in [0.05, 0.1) is 12.1 Å². The Morgan fingerprint density at radius 3 is 2.22 bits per heavy atom. The number of rotatable bonds is 11. The SMILES string of the molecule is CC(=O)[C@H](CCN)NC(=O)[C@@H](NC(=O)CC(CN)c1ccccc1)C(C)O. The third-order valence-electron chi connectivity index (χ3n) is 4.33. The summed E-state index contributed by atoms with van der Waals surface area (Å²) < 4.78 is 0. The number of nitrogens with one attached hydrogen (secondary N) is 2. The summed E-state index contributed by atoms with van der Waals surface area (Å²) in [6.45, 7) is 3.24. The van der Waals surface area contributed by atoms with E-state index in [-0.39, 0.29) is 37.6 Å². The molecule has 1 aromatic carbocycles. The van der Waals surface area contributed by atoms with Gasteiger partial charge in [-0.1, -0.05) is 30.3 Å². The van der Waals surface area contributed by atoms with Crippen LogP contribution in [0.25, 0.3) is 0 Å². The molecule has 27 heavy (non-hydrogen) atoms. The molecule has 0 saturated carbocycles. The van der Waals surface area contributed by atoms with Crippen molar-refractivity contribution in [1.82, 2.24) is 10.6 Å². The second-order valence-corrected chi connectivity index (χ2v) is 6.58. The Balaban J connectivity index is 2.76. The lowest BCUT2D eigenvalue weighted by atomic mass is 9.95. The average Bonchev–Trinajstić information content (AvgIpc) is 2.64. The quantitative estimate of drug-likeness (QED) is 0.347. The second kappa shape index (κ2) is 11.4. The number of aliphatic hydroxyl groups excluding tert-OH is 1. The summed E-state index contributed by atoms with van der Waals surface area (Å²) >= 11 is 0. The van der Waals surface area contributed by atoms with Gasteiger partial charge in [-0.25, -0.2) is 0 Å². The minimum atomic E-state index is -1.17. The zero-order valence-corrected chi connectivity index (χ0v) is 15.9. The third kappa shape index (κ3) is 7.46. The first-order valence-electron chi connectivity index (χ1n) is 9.03. The molecule has 4 atom stereocenters. The van der Waals surface area contributed by atoms with E-state index < -0.39 is 30.0 Å². The fraction of sp³-hybridized carbons (Fsp3) is 0.526. The maximum absolute atomic E-state index is 12.4. The predicted octanol–water partition coefficient (Wildman–Crippen LogP) is -0.593. The van der Waals surface area contributed by atoms with Crippen LogP contribution < -0.4 is 22.1 Å². The lowest BCUT2D eigenvalue weighted by Crippen LogP contribution is -2.55. The van der Waals surface area contributed by atoms with Crippen molar-refractivity contribution in [3.8, 4) is 0 Å². The number of hydrogen-bond acceptors (Lipinski definition) is 6. The van der Waals surface area contributed by atoms with Crippen LogP contribution in [0, 0.1) is 0 Å². The Bertz CT molecular complexity index is 621. The van der Waals surface area contributed by atoms with Crippen LogP contribution in [0.5, 0.6) is 0 Å². The molecule has 2 amide bonds. The second-order valence-electron chi connectivity index (χ2n) is 6.58.